The van der Waals surface area contributed by atoms with Crippen molar-refractivity contribution in [3.8, 4) is 0 Å². The molecule has 0 aliphatic heterocycles. The molecule has 0 unspecified atom stereocenters. The summed E-state index contributed by atoms with van der Waals surface area (Å²) in [7, 11) is 0. The van der Waals surface area contributed by atoms with E-state index in [9.17, 15) is 5.21 Å². The molecule has 0 spiro atoms. The highest BCUT2D eigenvalue weighted by atomic mass is 32.2. The number of aromatic nitrogens is 1. The molecule has 0 aliphatic rings. The van der Waals surface area contributed by atoms with E-state index in [0.29, 0.717) is 0 Å². The van der Waals surface area contributed by atoms with Crippen molar-refractivity contribution in [2.45, 2.75) is 4.90 Å². The van der Waals surface area contributed by atoms with Gasteiger partial charge in [-0.05, 0) is 0 Å². The Balaban J connectivity index is 2.88. The van der Waals surface area contributed by atoms with Crippen LogP contribution in [0.2, 0.25) is 0 Å². The second-order valence-electron chi connectivity index (χ2n) is 1.54. The van der Waals surface area contributed by atoms with Gasteiger partial charge in [0.2, 0.25) is 0 Å². The van der Waals surface area contributed by atoms with E-state index >= 15 is 0 Å². The first kappa shape index (κ1) is 6.42. The first-order valence-electron chi connectivity index (χ1n) is 2.44. The summed E-state index contributed by atoms with van der Waals surface area (Å²) >= 11 is 1.38. The standard InChI is InChI=1S/C6H6NOS/c1-9-6-2-4-7(8)5-3-6/h2-5H,1H2. The Morgan fingerprint density at radius 2 is 2.00 bits per heavy atom. The van der Waals surface area contributed by atoms with Crippen LogP contribution < -0.4 is 4.73 Å². The summed E-state index contributed by atoms with van der Waals surface area (Å²) in [5.74, 6) is 0. The monoisotopic (exact) mass is 140 g/mol. The van der Waals surface area contributed by atoms with Gasteiger partial charge >= 0.3 is 0 Å². The topological polar surface area (TPSA) is 26.9 Å². The second-order valence-corrected chi connectivity index (χ2v) is 2.30. The summed E-state index contributed by atoms with van der Waals surface area (Å²) in [4.78, 5) is 1.00. The first-order chi connectivity index (χ1) is 4.33. The zero-order valence-corrected chi connectivity index (χ0v) is 5.60. The molecule has 0 bridgehead atoms. The van der Waals surface area contributed by atoms with Gasteiger partial charge < -0.3 is 5.21 Å². The molecule has 0 fully saturated rings. The van der Waals surface area contributed by atoms with E-state index in [1.165, 1.54) is 24.2 Å². The largest absolute Gasteiger partial charge is 0.619 e. The Labute approximate surface area is 58.1 Å². The molecule has 0 amide bonds. The van der Waals surface area contributed by atoms with E-state index in [0.717, 1.165) is 9.63 Å². The summed E-state index contributed by atoms with van der Waals surface area (Å²) in [6.45, 7) is 0. The predicted molar refractivity (Wildman–Crippen MR) is 36.6 cm³/mol. The van der Waals surface area contributed by atoms with Gasteiger partial charge in [0.15, 0.2) is 12.4 Å². The average molecular weight is 140 g/mol. The predicted octanol–water partition coefficient (Wildman–Crippen LogP) is 1.20. The summed E-state index contributed by atoms with van der Waals surface area (Å²) in [5.41, 5.74) is 0. The molecule has 0 saturated carbocycles. The van der Waals surface area contributed by atoms with Crippen molar-refractivity contribution in [3.63, 3.8) is 0 Å². The molecular weight excluding hydrogens is 134 g/mol. The molecule has 9 heavy (non-hydrogen) atoms. The van der Waals surface area contributed by atoms with E-state index in [1.54, 1.807) is 12.1 Å². The summed E-state index contributed by atoms with van der Waals surface area (Å²) < 4.78 is 0.750. The lowest BCUT2D eigenvalue weighted by molar-refractivity contribution is -0.605. The van der Waals surface area contributed by atoms with Gasteiger partial charge in [-0.25, -0.2) is 0 Å². The molecule has 1 radical (unpaired) electrons. The minimum Gasteiger partial charge on any atom is -0.619 e. The van der Waals surface area contributed by atoms with Crippen LogP contribution in [-0.2, 0) is 0 Å². The van der Waals surface area contributed by atoms with Crippen molar-refractivity contribution >= 4 is 11.8 Å². The maximum Gasteiger partial charge on any atom is 0.181 e. The second kappa shape index (κ2) is 2.73. The van der Waals surface area contributed by atoms with Gasteiger partial charge in [-0.15, -0.1) is 11.8 Å². The Hall–Kier alpha value is -0.700. The maximum atomic E-state index is 10.4. The summed E-state index contributed by atoms with van der Waals surface area (Å²) in [5, 5.41) is 10.4. The lowest BCUT2D eigenvalue weighted by Crippen LogP contribution is -2.23. The van der Waals surface area contributed by atoms with Gasteiger partial charge in [0, 0.05) is 23.3 Å². The van der Waals surface area contributed by atoms with Crippen molar-refractivity contribution < 1.29 is 4.73 Å². The van der Waals surface area contributed by atoms with Crippen LogP contribution in [0.4, 0.5) is 0 Å². The molecule has 2 nitrogen and oxygen atoms in total. The highest BCUT2D eigenvalue weighted by Crippen LogP contribution is 2.11. The van der Waals surface area contributed by atoms with Crippen LogP contribution in [0.25, 0.3) is 0 Å². The normalized spacial score (nSPS) is 9.44. The first-order valence-corrected chi connectivity index (χ1v) is 3.42. The number of nitrogens with zero attached hydrogens (tertiary/aromatic N) is 1. The van der Waals surface area contributed by atoms with Crippen molar-refractivity contribution in [2.75, 3.05) is 0 Å². The zero-order chi connectivity index (χ0) is 6.69. The molecule has 0 aliphatic carbocycles. The van der Waals surface area contributed by atoms with E-state index in [2.05, 4.69) is 6.26 Å². The fourth-order valence-electron chi connectivity index (χ4n) is 0.495. The lowest BCUT2D eigenvalue weighted by Gasteiger charge is -1.94. The molecule has 3 heteroatoms. The molecule has 0 aromatic carbocycles. The van der Waals surface area contributed by atoms with E-state index in [4.69, 9.17) is 0 Å². The highest BCUT2D eigenvalue weighted by molar-refractivity contribution is 8.00. The third-order valence-electron chi connectivity index (χ3n) is 0.938. The highest BCUT2D eigenvalue weighted by Gasteiger charge is 1.89. The SMILES string of the molecule is [CH2]Sc1cc[n+]([O-])cc1. The van der Waals surface area contributed by atoms with Crippen molar-refractivity contribution in [1.29, 1.82) is 0 Å². The van der Waals surface area contributed by atoms with E-state index in [1.807, 2.05) is 0 Å². The smallest absolute Gasteiger partial charge is 0.181 e. The average Bonchev–Trinajstić information content (AvgIpc) is 1.90. The fourth-order valence-corrected chi connectivity index (χ4v) is 0.809. The van der Waals surface area contributed by atoms with Crippen LogP contribution in [0.1, 0.15) is 0 Å². The molecule has 1 aromatic heterocycles. The minimum atomic E-state index is 0.750. The molecule has 47 valence electrons. The third-order valence-corrected chi connectivity index (χ3v) is 1.54. The van der Waals surface area contributed by atoms with Gasteiger partial charge in [0.05, 0.1) is 0 Å². The van der Waals surface area contributed by atoms with Crippen LogP contribution in [0.15, 0.2) is 29.4 Å². The molecular formula is C6H6NOS. The van der Waals surface area contributed by atoms with Gasteiger partial charge in [-0.3, -0.25) is 0 Å². The third kappa shape index (κ3) is 1.61. The minimum absolute atomic E-state index is 0.750. The Morgan fingerprint density at radius 1 is 1.44 bits per heavy atom. The Kier molecular flexibility index (Phi) is 1.95. The fraction of sp³-hybridized carbons (Fsp3) is 0. The van der Waals surface area contributed by atoms with Crippen molar-refractivity contribution in [3.05, 3.63) is 36.0 Å². The van der Waals surface area contributed by atoms with E-state index < -0.39 is 0 Å². The van der Waals surface area contributed by atoms with Crippen LogP contribution in [0.3, 0.4) is 0 Å². The maximum absolute atomic E-state index is 10.4. The number of rotatable bonds is 1. The molecule has 0 N–H and O–H groups in total. The van der Waals surface area contributed by atoms with Crippen LogP contribution in [0, 0.1) is 11.5 Å². The van der Waals surface area contributed by atoms with E-state index in [-0.39, 0.29) is 0 Å². The number of thioether (sulfide) groups is 1. The molecule has 0 saturated heterocycles. The number of hydrogen-bond acceptors (Lipinski definition) is 2. The summed E-state index contributed by atoms with van der Waals surface area (Å²) in [6, 6.07) is 3.45. The molecule has 0 atom stereocenters. The van der Waals surface area contributed by atoms with Gasteiger partial charge in [-0.2, -0.15) is 4.73 Å². The van der Waals surface area contributed by atoms with Crippen LogP contribution >= 0.6 is 11.8 Å². The van der Waals surface area contributed by atoms with Gasteiger partial charge in [0.1, 0.15) is 0 Å². The molecule has 1 aromatic rings. The molecule has 1 heterocycles. The Morgan fingerprint density at radius 3 is 2.44 bits per heavy atom. The van der Waals surface area contributed by atoms with Crippen molar-refractivity contribution in [1.82, 2.24) is 0 Å². The van der Waals surface area contributed by atoms with Gasteiger partial charge in [0.25, 0.3) is 0 Å². The zero-order valence-electron chi connectivity index (χ0n) is 4.78. The number of pyridine rings is 1. The Bertz CT molecular complexity index is 185. The van der Waals surface area contributed by atoms with Gasteiger partial charge in [-0.1, -0.05) is 0 Å². The summed E-state index contributed by atoms with van der Waals surface area (Å²) in [6.07, 6.45) is 6.49. The molecule has 1 rings (SSSR count). The van der Waals surface area contributed by atoms with Crippen molar-refractivity contribution in [2.24, 2.45) is 0 Å². The number of hydrogen-bond donors (Lipinski definition) is 0. The van der Waals surface area contributed by atoms with Crippen LogP contribution in [-0.4, -0.2) is 0 Å². The quantitative estimate of drug-likeness (QED) is 0.333. The lowest BCUT2D eigenvalue weighted by atomic mass is 10.5. The van der Waals surface area contributed by atoms with Crippen LogP contribution in [0.5, 0.6) is 0 Å².